The van der Waals surface area contributed by atoms with Crippen LogP contribution in [0.5, 0.6) is 0 Å². The number of carbonyl (C=O) groups is 1. The summed E-state index contributed by atoms with van der Waals surface area (Å²) in [7, 11) is 0. The molecule has 1 N–H and O–H groups in total. The molecule has 2 aliphatic carbocycles. The summed E-state index contributed by atoms with van der Waals surface area (Å²) in [5.41, 5.74) is 3.76. The van der Waals surface area contributed by atoms with Gasteiger partial charge in [0.05, 0.1) is 0 Å². The van der Waals surface area contributed by atoms with Crippen molar-refractivity contribution in [3.05, 3.63) is 0 Å². The van der Waals surface area contributed by atoms with Crippen molar-refractivity contribution in [3.63, 3.8) is 0 Å². The highest BCUT2D eigenvalue weighted by Crippen LogP contribution is 2.48. The van der Waals surface area contributed by atoms with E-state index in [9.17, 15) is 4.79 Å². The highest BCUT2D eigenvalue weighted by molar-refractivity contribution is 5.86. The number of hydrazone groups is 1. The van der Waals surface area contributed by atoms with Crippen molar-refractivity contribution in [3.8, 4) is 0 Å². The van der Waals surface area contributed by atoms with E-state index in [1.807, 2.05) is 20.8 Å². The molecule has 19 heavy (non-hydrogen) atoms. The number of nitrogens with one attached hydrogen (secondary N) is 1. The van der Waals surface area contributed by atoms with E-state index in [1.54, 1.807) is 0 Å². The third-order valence-corrected chi connectivity index (χ3v) is 4.26. The van der Waals surface area contributed by atoms with Crippen LogP contribution in [0.2, 0.25) is 0 Å². The van der Waals surface area contributed by atoms with Crippen LogP contribution in [-0.2, 0) is 4.74 Å². The maximum atomic E-state index is 11.5. The largest absolute Gasteiger partial charge is 0.443 e. The van der Waals surface area contributed by atoms with Crippen LogP contribution in [0.1, 0.15) is 72.1 Å². The van der Waals surface area contributed by atoms with Gasteiger partial charge in [0, 0.05) is 5.71 Å². The second-order valence-electron chi connectivity index (χ2n) is 7.00. The van der Waals surface area contributed by atoms with Crippen molar-refractivity contribution in [2.45, 2.75) is 77.7 Å². The summed E-state index contributed by atoms with van der Waals surface area (Å²) < 4.78 is 5.16. The lowest BCUT2D eigenvalue weighted by molar-refractivity contribution is 0.0528. The average Bonchev–Trinajstić information content (AvgIpc) is 2.75. The van der Waals surface area contributed by atoms with Crippen molar-refractivity contribution in [1.82, 2.24) is 5.43 Å². The van der Waals surface area contributed by atoms with E-state index in [1.165, 1.54) is 38.5 Å². The van der Waals surface area contributed by atoms with Crippen molar-refractivity contribution < 1.29 is 9.53 Å². The Bertz CT molecular complexity index is 351. The van der Waals surface area contributed by atoms with Crippen LogP contribution in [0.3, 0.4) is 0 Å². The first-order chi connectivity index (χ1) is 8.89. The number of ether oxygens (including phenoxy) is 1. The van der Waals surface area contributed by atoms with Crippen LogP contribution in [0.25, 0.3) is 0 Å². The standard InChI is InChI=1S/C15H26N2O2/c1-14(2,3)19-13(18)17-16-12-6-10-15(11-7-12)8-4-5-9-15/h4-11H2,1-3H3,(H,17,18). The Hall–Kier alpha value is -1.06. The molecule has 0 saturated heterocycles. The molecule has 0 bridgehead atoms. The van der Waals surface area contributed by atoms with Crippen molar-refractivity contribution in [1.29, 1.82) is 0 Å². The van der Waals surface area contributed by atoms with E-state index < -0.39 is 11.7 Å². The van der Waals surface area contributed by atoms with E-state index in [4.69, 9.17) is 4.74 Å². The van der Waals surface area contributed by atoms with Crippen LogP contribution in [-0.4, -0.2) is 17.4 Å². The van der Waals surface area contributed by atoms with Crippen molar-refractivity contribution >= 4 is 11.8 Å². The summed E-state index contributed by atoms with van der Waals surface area (Å²) >= 11 is 0. The summed E-state index contributed by atoms with van der Waals surface area (Å²) in [6.45, 7) is 5.55. The van der Waals surface area contributed by atoms with Gasteiger partial charge in [0.1, 0.15) is 5.60 Å². The Morgan fingerprint density at radius 1 is 1.16 bits per heavy atom. The van der Waals surface area contributed by atoms with Gasteiger partial charge in [-0.2, -0.15) is 5.10 Å². The minimum Gasteiger partial charge on any atom is -0.443 e. The Kier molecular flexibility index (Phi) is 4.16. The predicted octanol–water partition coefficient (Wildman–Crippen LogP) is 4.00. The zero-order chi connectivity index (χ0) is 13.9. The minimum absolute atomic E-state index is 0.457. The van der Waals surface area contributed by atoms with E-state index in [2.05, 4.69) is 10.5 Å². The zero-order valence-electron chi connectivity index (χ0n) is 12.4. The van der Waals surface area contributed by atoms with Gasteiger partial charge < -0.3 is 4.74 Å². The molecule has 108 valence electrons. The highest BCUT2D eigenvalue weighted by Gasteiger charge is 2.36. The first-order valence-corrected chi connectivity index (χ1v) is 7.43. The number of nitrogens with zero attached hydrogens (tertiary/aromatic N) is 1. The first-order valence-electron chi connectivity index (χ1n) is 7.43. The van der Waals surface area contributed by atoms with E-state index >= 15 is 0 Å². The minimum atomic E-state index is -0.468. The van der Waals surface area contributed by atoms with Gasteiger partial charge in [0.15, 0.2) is 0 Å². The monoisotopic (exact) mass is 266 g/mol. The number of hydrogen-bond acceptors (Lipinski definition) is 3. The molecule has 0 unspecified atom stereocenters. The van der Waals surface area contributed by atoms with Crippen LogP contribution in [0, 0.1) is 5.41 Å². The fourth-order valence-corrected chi connectivity index (χ4v) is 3.23. The van der Waals surface area contributed by atoms with E-state index in [0.29, 0.717) is 5.41 Å². The summed E-state index contributed by atoms with van der Waals surface area (Å²) in [6.07, 6.45) is 9.63. The van der Waals surface area contributed by atoms with Gasteiger partial charge >= 0.3 is 6.09 Å². The van der Waals surface area contributed by atoms with Gasteiger partial charge in [0.25, 0.3) is 0 Å². The topological polar surface area (TPSA) is 50.7 Å². The molecule has 0 heterocycles. The molecule has 0 aromatic carbocycles. The number of carbonyl (C=O) groups excluding carboxylic acids is 1. The number of amides is 1. The third kappa shape index (κ3) is 4.22. The second-order valence-corrected chi connectivity index (χ2v) is 7.00. The van der Waals surface area contributed by atoms with Gasteiger partial charge in [-0.3, -0.25) is 0 Å². The Morgan fingerprint density at radius 3 is 2.26 bits per heavy atom. The molecule has 0 aromatic heterocycles. The lowest BCUT2D eigenvalue weighted by Gasteiger charge is -2.33. The lowest BCUT2D eigenvalue weighted by atomic mass is 9.72. The maximum Gasteiger partial charge on any atom is 0.428 e. The Labute approximate surface area is 116 Å². The van der Waals surface area contributed by atoms with Gasteiger partial charge in [-0.05, 0) is 64.7 Å². The number of hydrogen-bond donors (Lipinski definition) is 1. The fourth-order valence-electron chi connectivity index (χ4n) is 3.23. The second kappa shape index (κ2) is 5.51. The SMILES string of the molecule is CC(C)(C)OC(=O)NN=C1CCC2(CCCC2)CC1. The molecule has 0 radical (unpaired) electrons. The van der Waals surface area contributed by atoms with Crippen LogP contribution >= 0.6 is 0 Å². The summed E-state index contributed by atoms with van der Waals surface area (Å²) in [5, 5.41) is 4.21. The van der Waals surface area contributed by atoms with Crippen molar-refractivity contribution in [2.24, 2.45) is 10.5 Å². The molecule has 2 rings (SSSR count). The molecule has 0 aromatic rings. The Balaban J connectivity index is 1.78. The molecule has 2 fully saturated rings. The van der Waals surface area contributed by atoms with Gasteiger partial charge in [-0.1, -0.05) is 12.8 Å². The summed E-state index contributed by atoms with van der Waals surface area (Å²) in [5.74, 6) is 0. The fraction of sp³-hybridized carbons (Fsp3) is 0.867. The molecule has 1 spiro atoms. The quantitative estimate of drug-likeness (QED) is 0.729. The third-order valence-electron chi connectivity index (χ3n) is 4.26. The maximum absolute atomic E-state index is 11.5. The van der Waals surface area contributed by atoms with Crippen molar-refractivity contribution in [2.75, 3.05) is 0 Å². The average molecular weight is 266 g/mol. The summed E-state index contributed by atoms with van der Waals surface area (Å²) in [4.78, 5) is 11.5. The summed E-state index contributed by atoms with van der Waals surface area (Å²) in [6, 6.07) is 0. The Morgan fingerprint density at radius 2 is 1.74 bits per heavy atom. The van der Waals surface area contributed by atoms with Crippen LogP contribution in [0.15, 0.2) is 5.10 Å². The molecular weight excluding hydrogens is 240 g/mol. The normalized spacial score (nSPS) is 22.4. The highest BCUT2D eigenvalue weighted by atomic mass is 16.6. The van der Waals surface area contributed by atoms with Crippen LogP contribution < -0.4 is 5.43 Å². The molecule has 2 aliphatic rings. The molecule has 1 amide bonds. The predicted molar refractivity (Wildman–Crippen MR) is 76.2 cm³/mol. The van der Waals surface area contributed by atoms with Crippen LogP contribution in [0.4, 0.5) is 4.79 Å². The van der Waals surface area contributed by atoms with E-state index in [0.717, 1.165) is 18.6 Å². The number of rotatable bonds is 1. The molecule has 4 heteroatoms. The van der Waals surface area contributed by atoms with Gasteiger partial charge in [-0.15, -0.1) is 0 Å². The van der Waals surface area contributed by atoms with E-state index in [-0.39, 0.29) is 0 Å². The molecule has 2 saturated carbocycles. The molecule has 0 atom stereocenters. The first kappa shape index (κ1) is 14.4. The molecule has 4 nitrogen and oxygen atoms in total. The smallest absolute Gasteiger partial charge is 0.428 e. The van der Waals surface area contributed by atoms with Gasteiger partial charge in [-0.25, -0.2) is 10.2 Å². The molecule has 0 aliphatic heterocycles. The lowest BCUT2D eigenvalue weighted by Crippen LogP contribution is -2.31. The van der Waals surface area contributed by atoms with Gasteiger partial charge in [0.2, 0.25) is 0 Å². The molecular formula is C15H26N2O2. The zero-order valence-corrected chi connectivity index (χ0v) is 12.4.